The Kier molecular flexibility index (Phi) is 13.8. The summed E-state index contributed by atoms with van der Waals surface area (Å²) in [5.74, 6) is -0.702. The summed E-state index contributed by atoms with van der Waals surface area (Å²) in [7, 11) is -2.86. The van der Waals surface area contributed by atoms with E-state index < -0.39 is 28.6 Å². The predicted molar refractivity (Wildman–Crippen MR) is 110 cm³/mol. The number of rotatable bonds is 17. The zero-order chi connectivity index (χ0) is 20.7. The highest BCUT2D eigenvalue weighted by Gasteiger charge is 2.44. The van der Waals surface area contributed by atoms with Crippen LogP contribution in [0.3, 0.4) is 0 Å². The lowest BCUT2D eigenvalue weighted by molar-refractivity contribution is -0.150. The van der Waals surface area contributed by atoms with Crippen molar-refractivity contribution in [2.75, 3.05) is 7.11 Å². The number of carbonyl (C=O) groups excluding carboxylic acids is 1. The fourth-order valence-electron chi connectivity index (χ4n) is 3.64. The lowest BCUT2D eigenvalue weighted by Crippen LogP contribution is -2.32. The van der Waals surface area contributed by atoms with Crippen LogP contribution in [-0.4, -0.2) is 33.7 Å². The van der Waals surface area contributed by atoms with E-state index in [1.807, 2.05) is 0 Å². The Hall–Kier alpha value is -0.660. The maximum Gasteiger partial charge on any atom is 0.401 e. The van der Waals surface area contributed by atoms with Crippen LogP contribution in [0, 0.1) is 0 Å². The minimum absolute atomic E-state index is 0.483. The van der Waals surface area contributed by atoms with Gasteiger partial charge in [-0.1, -0.05) is 103 Å². The van der Waals surface area contributed by atoms with Crippen LogP contribution in [0.1, 0.15) is 110 Å². The minimum atomic E-state index is -4.07. The van der Waals surface area contributed by atoms with Gasteiger partial charge in [-0.25, -0.2) is 13.2 Å². The number of methoxy groups -OCH3 is 1. The molecule has 0 unspecified atom stereocenters. The van der Waals surface area contributed by atoms with Crippen LogP contribution in [0.25, 0.3) is 0 Å². The van der Waals surface area contributed by atoms with Crippen LogP contribution >= 0.6 is 0 Å². The molecule has 0 saturated carbocycles. The van der Waals surface area contributed by atoms with E-state index in [0.29, 0.717) is 6.42 Å². The molecule has 1 heterocycles. The van der Waals surface area contributed by atoms with Gasteiger partial charge in [0.2, 0.25) is 6.10 Å². The number of esters is 1. The molecule has 166 valence electrons. The third kappa shape index (κ3) is 11.4. The van der Waals surface area contributed by atoms with Crippen molar-refractivity contribution in [1.29, 1.82) is 0 Å². The van der Waals surface area contributed by atoms with E-state index in [9.17, 15) is 13.2 Å². The monoisotopic (exact) mass is 420 g/mol. The molecule has 0 spiro atoms. The van der Waals surface area contributed by atoms with Gasteiger partial charge >= 0.3 is 16.4 Å². The summed E-state index contributed by atoms with van der Waals surface area (Å²) >= 11 is 0. The van der Waals surface area contributed by atoms with E-state index >= 15 is 0 Å². The lowest BCUT2D eigenvalue weighted by Gasteiger charge is -2.12. The SMILES string of the molecule is CCCCCCCCCCCCCCCCC[C@@H]1OS(=O)(=O)O[C@H]1C(=O)OC. The maximum atomic E-state index is 11.6. The molecule has 0 bridgehead atoms. The fourth-order valence-corrected chi connectivity index (χ4v) is 4.64. The first-order valence-electron chi connectivity index (χ1n) is 11.2. The summed E-state index contributed by atoms with van der Waals surface area (Å²) in [6, 6.07) is 0. The Morgan fingerprint density at radius 1 is 0.750 bits per heavy atom. The van der Waals surface area contributed by atoms with Gasteiger partial charge in [-0.15, -0.1) is 0 Å². The Morgan fingerprint density at radius 2 is 1.18 bits per heavy atom. The van der Waals surface area contributed by atoms with Crippen LogP contribution < -0.4 is 0 Å². The topological polar surface area (TPSA) is 78.9 Å². The summed E-state index contributed by atoms with van der Waals surface area (Å²) in [5, 5.41) is 0. The van der Waals surface area contributed by atoms with E-state index in [-0.39, 0.29) is 0 Å². The Bertz CT molecular complexity index is 505. The minimum Gasteiger partial charge on any atom is -0.467 e. The first-order valence-corrected chi connectivity index (χ1v) is 12.5. The molecular formula is C21H40O6S. The van der Waals surface area contributed by atoms with Crippen molar-refractivity contribution in [2.24, 2.45) is 0 Å². The molecule has 0 aromatic rings. The van der Waals surface area contributed by atoms with Crippen LogP contribution in [0.2, 0.25) is 0 Å². The molecule has 28 heavy (non-hydrogen) atoms. The summed E-state index contributed by atoms with van der Waals surface area (Å²) < 4.78 is 36.9. The molecule has 0 radical (unpaired) electrons. The summed E-state index contributed by atoms with van der Waals surface area (Å²) in [5.41, 5.74) is 0. The standard InChI is InChI=1S/C21H40O6S/c1-3-4-5-6-7-8-9-10-11-12-13-14-15-16-17-18-19-20(21(22)25-2)27-28(23,24)26-19/h19-20H,3-18H2,1-2H3/t19-,20+/m0/s1. The first-order chi connectivity index (χ1) is 13.5. The highest BCUT2D eigenvalue weighted by atomic mass is 32.3. The van der Waals surface area contributed by atoms with Crippen molar-refractivity contribution in [2.45, 2.75) is 122 Å². The normalized spacial score (nSPS) is 21.1. The molecule has 0 amide bonds. The lowest BCUT2D eigenvalue weighted by atomic mass is 10.0. The van der Waals surface area contributed by atoms with E-state index in [4.69, 9.17) is 4.18 Å². The molecule has 1 aliphatic rings. The number of carbonyl (C=O) groups is 1. The molecule has 1 fully saturated rings. The van der Waals surface area contributed by atoms with E-state index in [1.165, 1.54) is 84.2 Å². The molecule has 2 atom stereocenters. The van der Waals surface area contributed by atoms with Gasteiger partial charge in [0.25, 0.3) is 0 Å². The summed E-state index contributed by atoms with van der Waals surface area (Å²) in [4.78, 5) is 11.6. The molecule has 7 heteroatoms. The largest absolute Gasteiger partial charge is 0.467 e. The van der Waals surface area contributed by atoms with Gasteiger partial charge in [-0.2, -0.15) is 8.42 Å². The zero-order valence-electron chi connectivity index (χ0n) is 17.8. The molecule has 0 aromatic carbocycles. The predicted octanol–water partition coefficient (Wildman–Crippen LogP) is 5.45. The van der Waals surface area contributed by atoms with E-state index in [0.717, 1.165) is 19.3 Å². The highest BCUT2D eigenvalue weighted by molar-refractivity contribution is 7.82. The van der Waals surface area contributed by atoms with E-state index in [2.05, 4.69) is 15.8 Å². The van der Waals surface area contributed by atoms with Gasteiger partial charge in [-0.3, -0.25) is 0 Å². The number of hydrogen-bond donors (Lipinski definition) is 0. The van der Waals surface area contributed by atoms with Gasteiger partial charge in [0.1, 0.15) is 6.10 Å². The van der Waals surface area contributed by atoms with Gasteiger partial charge in [0.05, 0.1) is 7.11 Å². The number of hydrogen-bond acceptors (Lipinski definition) is 6. The maximum absolute atomic E-state index is 11.6. The van der Waals surface area contributed by atoms with Crippen molar-refractivity contribution < 1.29 is 26.3 Å². The molecule has 1 aliphatic heterocycles. The third-order valence-electron chi connectivity index (χ3n) is 5.33. The molecule has 0 aliphatic carbocycles. The molecule has 0 aromatic heterocycles. The van der Waals surface area contributed by atoms with Crippen molar-refractivity contribution in [1.82, 2.24) is 0 Å². The average Bonchev–Trinajstić information content (AvgIpc) is 2.98. The fraction of sp³-hybridized carbons (Fsp3) is 0.952. The van der Waals surface area contributed by atoms with Crippen molar-refractivity contribution in [3.8, 4) is 0 Å². The number of unbranched alkanes of at least 4 members (excludes halogenated alkanes) is 14. The van der Waals surface area contributed by atoms with Gasteiger partial charge in [-0.05, 0) is 6.42 Å². The molecule has 1 rings (SSSR count). The van der Waals surface area contributed by atoms with Crippen LogP contribution in [-0.2, 0) is 28.3 Å². The van der Waals surface area contributed by atoms with Gasteiger partial charge in [0, 0.05) is 0 Å². The van der Waals surface area contributed by atoms with Crippen LogP contribution in [0.4, 0.5) is 0 Å². The van der Waals surface area contributed by atoms with Crippen LogP contribution in [0.5, 0.6) is 0 Å². The average molecular weight is 421 g/mol. The summed E-state index contributed by atoms with van der Waals surface area (Å²) in [6.45, 7) is 2.26. The second kappa shape index (κ2) is 15.2. The molecule has 0 N–H and O–H groups in total. The Labute approximate surface area is 172 Å². The second-order valence-electron chi connectivity index (χ2n) is 7.82. The van der Waals surface area contributed by atoms with Crippen molar-refractivity contribution in [3.05, 3.63) is 0 Å². The molecular weight excluding hydrogens is 380 g/mol. The molecule has 1 saturated heterocycles. The highest BCUT2D eigenvalue weighted by Crippen LogP contribution is 2.26. The van der Waals surface area contributed by atoms with Gasteiger partial charge in [0.15, 0.2) is 0 Å². The van der Waals surface area contributed by atoms with Gasteiger partial charge < -0.3 is 4.74 Å². The van der Waals surface area contributed by atoms with Crippen molar-refractivity contribution in [3.63, 3.8) is 0 Å². The Balaban J connectivity index is 1.93. The third-order valence-corrected chi connectivity index (χ3v) is 6.25. The quantitative estimate of drug-likeness (QED) is 0.230. The molecule has 6 nitrogen and oxygen atoms in total. The van der Waals surface area contributed by atoms with Crippen molar-refractivity contribution >= 4 is 16.4 Å². The first kappa shape index (κ1) is 25.4. The number of ether oxygens (including phenoxy) is 1. The van der Waals surface area contributed by atoms with E-state index in [1.54, 1.807) is 0 Å². The van der Waals surface area contributed by atoms with Crippen LogP contribution in [0.15, 0.2) is 0 Å². The Morgan fingerprint density at radius 3 is 1.61 bits per heavy atom. The zero-order valence-corrected chi connectivity index (χ0v) is 18.6. The summed E-state index contributed by atoms with van der Waals surface area (Å²) in [6.07, 6.45) is 17.6. The second-order valence-corrected chi connectivity index (χ2v) is 9.02. The smallest absolute Gasteiger partial charge is 0.401 e.